The van der Waals surface area contributed by atoms with Crippen molar-refractivity contribution in [1.29, 1.82) is 5.26 Å². The van der Waals surface area contributed by atoms with E-state index in [0.717, 1.165) is 16.6 Å². The molecular weight excluding hydrogens is 369 g/mol. The minimum Gasteiger partial charge on any atom is -0.354 e. The Bertz CT molecular complexity index is 723. The van der Waals surface area contributed by atoms with Gasteiger partial charge in [-0.1, -0.05) is 27.5 Å². The predicted molar refractivity (Wildman–Crippen MR) is 78.6 cm³/mol. The summed E-state index contributed by atoms with van der Waals surface area (Å²) in [7, 11) is 0. The summed E-state index contributed by atoms with van der Waals surface area (Å²) in [5.41, 5.74) is -0.750. The molecule has 2 nitrogen and oxygen atoms in total. The second-order valence-corrected chi connectivity index (χ2v) is 5.44. The molecule has 2 aromatic carbocycles. The lowest BCUT2D eigenvalue weighted by molar-refractivity contribution is -0.137. The Hall–Kier alpha value is -1.71. The molecule has 0 fully saturated rings. The Morgan fingerprint density at radius 3 is 2.48 bits per heavy atom. The van der Waals surface area contributed by atoms with Crippen LogP contribution in [-0.2, 0) is 6.18 Å². The highest BCUT2D eigenvalue weighted by Crippen LogP contribution is 2.35. The molecule has 0 aliphatic rings. The molecule has 0 atom stereocenters. The van der Waals surface area contributed by atoms with Crippen LogP contribution in [0.4, 0.5) is 24.5 Å². The largest absolute Gasteiger partial charge is 0.417 e. The Balaban J connectivity index is 2.42. The minimum absolute atomic E-state index is 0.196. The van der Waals surface area contributed by atoms with Gasteiger partial charge in [0.15, 0.2) is 0 Å². The van der Waals surface area contributed by atoms with E-state index in [0.29, 0.717) is 10.7 Å². The highest BCUT2D eigenvalue weighted by atomic mass is 79.9. The van der Waals surface area contributed by atoms with Crippen LogP contribution in [0.1, 0.15) is 11.1 Å². The normalized spacial score (nSPS) is 11.0. The van der Waals surface area contributed by atoms with Gasteiger partial charge in [-0.25, -0.2) is 0 Å². The first-order chi connectivity index (χ1) is 9.81. The Morgan fingerprint density at radius 1 is 1.14 bits per heavy atom. The predicted octanol–water partition coefficient (Wildman–Crippen LogP) is 5.74. The molecular formula is C14H7BrClF3N2. The average Bonchev–Trinajstić information content (AvgIpc) is 2.42. The van der Waals surface area contributed by atoms with Gasteiger partial charge in [-0.05, 0) is 36.4 Å². The van der Waals surface area contributed by atoms with Crippen molar-refractivity contribution in [3.63, 3.8) is 0 Å². The zero-order valence-electron chi connectivity index (χ0n) is 10.3. The van der Waals surface area contributed by atoms with E-state index in [2.05, 4.69) is 21.2 Å². The monoisotopic (exact) mass is 374 g/mol. The van der Waals surface area contributed by atoms with Crippen LogP contribution in [0.5, 0.6) is 0 Å². The summed E-state index contributed by atoms with van der Waals surface area (Å²) in [6.45, 7) is 0. The molecule has 2 rings (SSSR count). The van der Waals surface area contributed by atoms with Gasteiger partial charge in [0.2, 0.25) is 0 Å². The highest BCUT2D eigenvalue weighted by Gasteiger charge is 2.33. The second-order valence-electron chi connectivity index (χ2n) is 4.12. The zero-order chi connectivity index (χ0) is 15.6. The van der Waals surface area contributed by atoms with E-state index >= 15 is 0 Å². The Morgan fingerprint density at radius 2 is 1.86 bits per heavy atom. The van der Waals surface area contributed by atoms with Gasteiger partial charge < -0.3 is 5.32 Å². The van der Waals surface area contributed by atoms with Gasteiger partial charge in [0.25, 0.3) is 0 Å². The molecule has 0 saturated heterocycles. The van der Waals surface area contributed by atoms with Crippen LogP contribution >= 0.6 is 27.5 Å². The van der Waals surface area contributed by atoms with E-state index in [1.54, 1.807) is 18.2 Å². The maximum Gasteiger partial charge on any atom is 0.417 e. The van der Waals surface area contributed by atoms with Gasteiger partial charge in [0.05, 0.1) is 27.9 Å². The van der Waals surface area contributed by atoms with Crippen LogP contribution in [0.15, 0.2) is 40.9 Å². The molecule has 0 saturated carbocycles. The van der Waals surface area contributed by atoms with Crippen molar-refractivity contribution >= 4 is 38.9 Å². The maximum absolute atomic E-state index is 12.9. The molecule has 0 aliphatic heterocycles. The van der Waals surface area contributed by atoms with E-state index in [4.69, 9.17) is 16.9 Å². The minimum atomic E-state index is -4.59. The molecule has 7 heteroatoms. The Labute approximate surface area is 132 Å². The summed E-state index contributed by atoms with van der Waals surface area (Å²) in [4.78, 5) is 0. The fourth-order valence-corrected chi connectivity index (χ4v) is 2.23. The Kier molecular flexibility index (Phi) is 4.45. The summed E-state index contributed by atoms with van der Waals surface area (Å²) in [5, 5.41) is 11.9. The number of nitrogens with one attached hydrogen (secondary N) is 1. The number of anilines is 2. The van der Waals surface area contributed by atoms with Gasteiger partial charge in [0, 0.05) is 10.2 Å². The summed E-state index contributed by atoms with van der Waals surface area (Å²) in [6.07, 6.45) is -4.59. The molecule has 21 heavy (non-hydrogen) atoms. The lowest BCUT2D eigenvalue weighted by atomic mass is 10.1. The standard InChI is InChI=1S/C14H7BrClF3N2/c15-9-2-4-12(16)13(5-9)21-10-3-1-8(7-20)11(6-10)14(17,18)19/h1-6,21H. The van der Waals surface area contributed by atoms with E-state index in [1.165, 1.54) is 12.1 Å². The molecule has 0 amide bonds. The van der Waals surface area contributed by atoms with Crippen LogP contribution in [0, 0.1) is 11.3 Å². The van der Waals surface area contributed by atoms with Crippen molar-refractivity contribution in [1.82, 2.24) is 0 Å². The highest BCUT2D eigenvalue weighted by molar-refractivity contribution is 9.10. The van der Waals surface area contributed by atoms with Gasteiger partial charge in [-0.3, -0.25) is 0 Å². The number of rotatable bonds is 2. The van der Waals surface area contributed by atoms with Crippen LogP contribution in [0.2, 0.25) is 5.02 Å². The van der Waals surface area contributed by atoms with Crippen molar-refractivity contribution in [2.75, 3.05) is 5.32 Å². The summed E-state index contributed by atoms with van der Waals surface area (Å²) >= 11 is 9.23. The molecule has 2 aromatic rings. The van der Waals surface area contributed by atoms with E-state index in [9.17, 15) is 13.2 Å². The zero-order valence-corrected chi connectivity index (χ0v) is 12.6. The van der Waals surface area contributed by atoms with Gasteiger partial charge in [0.1, 0.15) is 0 Å². The summed E-state index contributed by atoms with van der Waals surface area (Å²) in [5.74, 6) is 0. The van der Waals surface area contributed by atoms with E-state index in [1.807, 2.05) is 0 Å². The first-order valence-electron chi connectivity index (χ1n) is 5.64. The third kappa shape index (κ3) is 3.69. The number of hydrogen-bond acceptors (Lipinski definition) is 2. The first-order valence-corrected chi connectivity index (χ1v) is 6.82. The van der Waals surface area contributed by atoms with E-state index < -0.39 is 17.3 Å². The van der Waals surface area contributed by atoms with Crippen molar-refractivity contribution < 1.29 is 13.2 Å². The number of nitriles is 1. The molecule has 1 N–H and O–H groups in total. The quantitative estimate of drug-likeness (QED) is 0.727. The molecule has 0 aliphatic carbocycles. The number of benzene rings is 2. The van der Waals surface area contributed by atoms with Crippen LogP contribution in [-0.4, -0.2) is 0 Å². The number of halogens is 5. The van der Waals surface area contributed by atoms with Crippen LogP contribution in [0.3, 0.4) is 0 Å². The average molecular weight is 376 g/mol. The molecule has 0 heterocycles. The molecule has 0 radical (unpaired) electrons. The van der Waals surface area contributed by atoms with Crippen molar-refractivity contribution in [3.8, 4) is 6.07 Å². The van der Waals surface area contributed by atoms with Crippen molar-refractivity contribution in [3.05, 3.63) is 57.0 Å². The van der Waals surface area contributed by atoms with Crippen LogP contribution in [0.25, 0.3) is 0 Å². The molecule has 108 valence electrons. The molecule has 0 aromatic heterocycles. The number of nitrogens with zero attached hydrogens (tertiary/aromatic N) is 1. The van der Waals surface area contributed by atoms with Crippen molar-refractivity contribution in [2.24, 2.45) is 0 Å². The lowest BCUT2D eigenvalue weighted by Crippen LogP contribution is -2.08. The molecule has 0 unspecified atom stereocenters. The smallest absolute Gasteiger partial charge is 0.354 e. The van der Waals surface area contributed by atoms with Crippen molar-refractivity contribution in [2.45, 2.75) is 6.18 Å². The topological polar surface area (TPSA) is 35.8 Å². The number of hydrogen-bond donors (Lipinski definition) is 1. The van der Waals surface area contributed by atoms with E-state index in [-0.39, 0.29) is 5.69 Å². The second kappa shape index (κ2) is 5.96. The van der Waals surface area contributed by atoms with Gasteiger partial charge in [-0.2, -0.15) is 18.4 Å². The third-order valence-electron chi connectivity index (χ3n) is 2.65. The SMILES string of the molecule is N#Cc1ccc(Nc2cc(Br)ccc2Cl)cc1C(F)(F)F. The van der Waals surface area contributed by atoms with Crippen LogP contribution < -0.4 is 5.32 Å². The number of alkyl halides is 3. The molecule has 0 spiro atoms. The third-order valence-corrected chi connectivity index (χ3v) is 3.48. The summed E-state index contributed by atoms with van der Waals surface area (Å²) < 4.78 is 39.4. The first kappa shape index (κ1) is 15.7. The van der Waals surface area contributed by atoms with Gasteiger partial charge in [-0.15, -0.1) is 0 Å². The fourth-order valence-electron chi connectivity index (χ4n) is 1.70. The fraction of sp³-hybridized carbons (Fsp3) is 0.0714. The maximum atomic E-state index is 12.9. The van der Waals surface area contributed by atoms with Gasteiger partial charge >= 0.3 is 6.18 Å². The lowest BCUT2D eigenvalue weighted by Gasteiger charge is -2.13. The molecule has 0 bridgehead atoms. The summed E-state index contributed by atoms with van der Waals surface area (Å²) in [6, 6.07) is 9.91.